The van der Waals surface area contributed by atoms with E-state index in [1.54, 1.807) is 0 Å². The van der Waals surface area contributed by atoms with E-state index in [1.807, 2.05) is 24.3 Å². The first-order valence-electron chi connectivity index (χ1n) is 5.69. The van der Waals surface area contributed by atoms with Gasteiger partial charge in [0.2, 0.25) is 6.29 Å². The number of benzene rings is 1. The summed E-state index contributed by atoms with van der Waals surface area (Å²) in [4.78, 5) is 10.1. The van der Waals surface area contributed by atoms with Crippen molar-refractivity contribution < 1.29 is 19.7 Å². The van der Waals surface area contributed by atoms with E-state index < -0.39 is 12.2 Å². The van der Waals surface area contributed by atoms with Crippen molar-refractivity contribution in [1.82, 2.24) is 0 Å². The molecule has 0 radical (unpaired) electrons. The molecule has 0 saturated heterocycles. The summed E-state index contributed by atoms with van der Waals surface area (Å²) in [5, 5.41) is 18.7. The molecule has 4 heteroatoms. The maximum atomic E-state index is 10.1. The molecule has 94 valence electrons. The summed E-state index contributed by atoms with van der Waals surface area (Å²) < 4.78 is 4.44. The fraction of sp³-hybridized carbons (Fsp3) is 0.462. The summed E-state index contributed by atoms with van der Waals surface area (Å²) in [6, 6.07) is 7.58. The largest absolute Gasteiger partial charge is 0.437 e. The number of aryl methyl sites for hydroxylation is 1. The average Bonchev–Trinajstić information content (AvgIpc) is 2.33. The Bertz CT molecular complexity index is 334. The molecule has 17 heavy (non-hydrogen) atoms. The van der Waals surface area contributed by atoms with E-state index in [0.29, 0.717) is 0 Å². The zero-order valence-corrected chi connectivity index (χ0v) is 9.87. The number of aliphatic hydroxyl groups excluding tert-OH is 2. The van der Waals surface area contributed by atoms with Crippen molar-refractivity contribution in [3.05, 3.63) is 35.4 Å². The minimum Gasteiger partial charge on any atom is -0.437 e. The Balaban J connectivity index is 2.77. The van der Waals surface area contributed by atoms with Crippen LogP contribution in [0.25, 0.3) is 0 Å². The van der Waals surface area contributed by atoms with Gasteiger partial charge in [0.05, 0.1) is 12.5 Å². The highest BCUT2D eigenvalue weighted by Crippen LogP contribution is 2.20. The predicted octanol–water partition coefficient (Wildman–Crippen LogP) is 1.21. The van der Waals surface area contributed by atoms with E-state index in [-0.39, 0.29) is 13.1 Å². The number of rotatable bonds is 7. The van der Waals surface area contributed by atoms with Crippen LogP contribution in [0.5, 0.6) is 0 Å². The number of hydrogen-bond acceptors (Lipinski definition) is 4. The van der Waals surface area contributed by atoms with Crippen LogP contribution < -0.4 is 0 Å². The molecule has 0 amide bonds. The van der Waals surface area contributed by atoms with E-state index in [1.165, 1.54) is 5.56 Å². The molecule has 0 aromatic heterocycles. The first kappa shape index (κ1) is 13.7. The summed E-state index contributed by atoms with van der Waals surface area (Å²) in [6.07, 6.45) is 0.756. The second-order valence-electron chi connectivity index (χ2n) is 3.90. The van der Waals surface area contributed by atoms with Gasteiger partial charge in [-0.1, -0.05) is 37.6 Å². The van der Waals surface area contributed by atoms with Crippen LogP contribution in [-0.4, -0.2) is 29.6 Å². The van der Waals surface area contributed by atoms with Crippen LogP contribution in [0.1, 0.15) is 30.4 Å². The molecule has 0 aliphatic rings. The van der Waals surface area contributed by atoms with Crippen molar-refractivity contribution in [3.63, 3.8) is 0 Å². The number of ether oxygens (including phenoxy) is 1. The van der Waals surface area contributed by atoms with Crippen LogP contribution >= 0.6 is 0 Å². The first-order chi connectivity index (χ1) is 8.22. The number of carbonyl (C=O) groups excluding carboxylic acids is 1. The van der Waals surface area contributed by atoms with E-state index in [4.69, 9.17) is 0 Å². The van der Waals surface area contributed by atoms with Crippen LogP contribution in [0, 0.1) is 0 Å². The fourth-order valence-corrected chi connectivity index (χ4v) is 1.73. The van der Waals surface area contributed by atoms with Crippen molar-refractivity contribution in [2.24, 2.45) is 0 Å². The Labute approximate surface area is 101 Å². The van der Waals surface area contributed by atoms with Gasteiger partial charge in [0.1, 0.15) is 0 Å². The molecule has 0 bridgehead atoms. The van der Waals surface area contributed by atoms with Gasteiger partial charge in [-0.3, -0.25) is 4.79 Å². The van der Waals surface area contributed by atoms with Crippen molar-refractivity contribution in [1.29, 1.82) is 0 Å². The van der Waals surface area contributed by atoms with E-state index >= 15 is 0 Å². The predicted molar refractivity (Wildman–Crippen MR) is 63.4 cm³/mol. The smallest absolute Gasteiger partial charge is 0.295 e. The first-order valence-corrected chi connectivity index (χ1v) is 5.69. The second-order valence-corrected chi connectivity index (χ2v) is 3.90. The zero-order valence-electron chi connectivity index (χ0n) is 9.87. The lowest BCUT2D eigenvalue weighted by Gasteiger charge is -2.19. The molecule has 0 spiro atoms. The molecule has 0 heterocycles. The van der Waals surface area contributed by atoms with Gasteiger partial charge in [0.15, 0.2) is 0 Å². The zero-order chi connectivity index (χ0) is 12.7. The van der Waals surface area contributed by atoms with Gasteiger partial charge in [-0.05, 0) is 17.5 Å². The third-order valence-electron chi connectivity index (χ3n) is 2.68. The lowest BCUT2D eigenvalue weighted by Crippen LogP contribution is -2.24. The molecule has 2 N–H and O–H groups in total. The molecule has 0 aliphatic heterocycles. The van der Waals surface area contributed by atoms with Gasteiger partial charge in [0, 0.05) is 0 Å². The maximum absolute atomic E-state index is 10.1. The highest BCUT2D eigenvalue weighted by atomic mass is 16.6. The molecule has 1 aromatic rings. The molecule has 0 aliphatic carbocycles. The molecule has 2 atom stereocenters. The van der Waals surface area contributed by atoms with Gasteiger partial charge in [-0.2, -0.15) is 0 Å². The summed E-state index contributed by atoms with van der Waals surface area (Å²) in [7, 11) is 0. The number of aliphatic hydroxyl groups is 2. The lowest BCUT2D eigenvalue weighted by atomic mass is 9.97. The van der Waals surface area contributed by atoms with Crippen molar-refractivity contribution in [2.75, 3.05) is 6.61 Å². The van der Waals surface area contributed by atoms with Crippen molar-refractivity contribution in [3.8, 4) is 0 Å². The Kier molecular flexibility index (Phi) is 5.66. The molecule has 2 unspecified atom stereocenters. The summed E-state index contributed by atoms with van der Waals surface area (Å²) >= 11 is 0. The third-order valence-corrected chi connectivity index (χ3v) is 2.68. The minimum atomic E-state index is -1.31. The summed E-state index contributed by atoms with van der Waals surface area (Å²) in [5.41, 5.74) is 1.96. The Morgan fingerprint density at radius 1 is 1.35 bits per heavy atom. The van der Waals surface area contributed by atoms with Crippen LogP contribution in [0.4, 0.5) is 0 Å². The van der Waals surface area contributed by atoms with Crippen molar-refractivity contribution >= 4 is 6.47 Å². The van der Waals surface area contributed by atoms with Crippen molar-refractivity contribution in [2.45, 2.75) is 32.0 Å². The highest BCUT2D eigenvalue weighted by Gasteiger charge is 2.21. The lowest BCUT2D eigenvalue weighted by molar-refractivity contribution is -0.157. The fourth-order valence-electron chi connectivity index (χ4n) is 1.73. The van der Waals surface area contributed by atoms with Gasteiger partial charge in [0.25, 0.3) is 6.47 Å². The standard InChI is InChI=1S/C13H18O4/c1-2-3-10-4-6-11(7-5-10)12(8-14)13(16)17-9-15/h4-7,9,12-14,16H,2-3,8H2,1H3. The third kappa shape index (κ3) is 3.84. The maximum Gasteiger partial charge on any atom is 0.295 e. The van der Waals surface area contributed by atoms with Gasteiger partial charge < -0.3 is 14.9 Å². The van der Waals surface area contributed by atoms with Gasteiger partial charge >= 0.3 is 0 Å². The number of carbonyl (C=O) groups is 1. The molecule has 0 fully saturated rings. The normalized spacial score (nSPS) is 14.1. The molecular formula is C13H18O4. The molecule has 4 nitrogen and oxygen atoms in total. The van der Waals surface area contributed by atoms with Gasteiger partial charge in [-0.15, -0.1) is 0 Å². The van der Waals surface area contributed by atoms with Crippen LogP contribution in [0.3, 0.4) is 0 Å². The van der Waals surface area contributed by atoms with Gasteiger partial charge in [-0.25, -0.2) is 0 Å². The van der Waals surface area contributed by atoms with E-state index in [9.17, 15) is 15.0 Å². The van der Waals surface area contributed by atoms with Crippen LogP contribution in [0.2, 0.25) is 0 Å². The molecule has 1 rings (SSSR count). The van der Waals surface area contributed by atoms with E-state index in [2.05, 4.69) is 11.7 Å². The SMILES string of the molecule is CCCc1ccc(C(CO)C(O)OC=O)cc1. The highest BCUT2D eigenvalue weighted by molar-refractivity contribution is 5.37. The summed E-state index contributed by atoms with van der Waals surface area (Å²) in [5.74, 6) is -0.601. The monoisotopic (exact) mass is 238 g/mol. The number of hydrogen-bond donors (Lipinski definition) is 2. The topological polar surface area (TPSA) is 66.8 Å². The van der Waals surface area contributed by atoms with Crippen LogP contribution in [-0.2, 0) is 16.0 Å². The molecule has 1 aromatic carbocycles. The molecular weight excluding hydrogens is 220 g/mol. The quantitative estimate of drug-likeness (QED) is 0.553. The summed E-state index contributed by atoms with van der Waals surface area (Å²) in [6.45, 7) is 2.01. The Hall–Kier alpha value is -1.39. The Morgan fingerprint density at radius 3 is 2.47 bits per heavy atom. The van der Waals surface area contributed by atoms with E-state index in [0.717, 1.165) is 18.4 Å². The molecule has 0 saturated carbocycles. The second kappa shape index (κ2) is 7.04. The van der Waals surface area contributed by atoms with Crippen LogP contribution in [0.15, 0.2) is 24.3 Å². The Morgan fingerprint density at radius 2 is 2.00 bits per heavy atom. The minimum absolute atomic E-state index is 0.179. The average molecular weight is 238 g/mol.